The van der Waals surface area contributed by atoms with Crippen molar-refractivity contribution in [2.45, 2.75) is 72.3 Å². The van der Waals surface area contributed by atoms with Crippen molar-refractivity contribution < 1.29 is 0 Å². The highest BCUT2D eigenvalue weighted by Crippen LogP contribution is 2.23. The van der Waals surface area contributed by atoms with E-state index in [1.807, 2.05) is 27.7 Å². The average Bonchev–Trinajstić information content (AvgIpc) is 2.93. The molecular weight excluding hydrogens is 246 g/mol. The van der Waals surface area contributed by atoms with Crippen LogP contribution in [0.5, 0.6) is 0 Å². The molecule has 1 heterocycles. The lowest BCUT2D eigenvalue weighted by molar-refractivity contribution is 0.563. The third kappa shape index (κ3) is 5.03. The number of piperidine rings is 1. The standard InChI is InChI=1S/C15H25N3.C2H6/c1-11(2)17-15(18-13-8-4-5-9-13)14-12(3)7-6-10-16-14;1-2/h13,16,18H,3-10H2,1-2H3;1-2H3/b15-14-;. The van der Waals surface area contributed by atoms with Crippen LogP contribution in [0.25, 0.3) is 0 Å². The second-order valence-electron chi connectivity index (χ2n) is 5.54. The lowest BCUT2D eigenvalue weighted by atomic mass is 10.0. The van der Waals surface area contributed by atoms with Crippen LogP contribution in [-0.2, 0) is 0 Å². The second-order valence-corrected chi connectivity index (χ2v) is 5.54. The first-order chi connectivity index (χ1) is 9.66. The number of hydrogen-bond donors (Lipinski definition) is 2. The quantitative estimate of drug-likeness (QED) is 0.761. The van der Waals surface area contributed by atoms with Crippen molar-refractivity contribution in [2.24, 2.45) is 4.99 Å². The summed E-state index contributed by atoms with van der Waals surface area (Å²) in [4.78, 5) is 4.68. The topological polar surface area (TPSA) is 36.4 Å². The minimum absolute atomic E-state index is 0.590. The maximum Gasteiger partial charge on any atom is 0.149 e. The molecule has 2 N–H and O–H groups in total. The van der Waals surface area contributed by atoms with Gasteiger partial charge in [-0.1, -0.05) is 33.3 Å². The van der Waals surface area contributed by atoms with Crippen molar-refractivity contribution in [3.05, 3.63) is 23.7 Å². The van der Waals surface area contributed by atoms with E-state index >= 15 is 0 Å². The van der Waals surface area contributed by atoms with Crippen molar-refractivity contribution in [2.75, 3.05) is 6.54 Å². The van der Waals surface area contributed by atoms with E-state index in [0.717, 1.165) is 30.2 Å². The monoisotopic (exact) mass is 277 g/mol. The molecule has 1 aliphatic heterocycles. The molecule has 114 valence electrons. The fourth-order valence-electron chi connectivity index (χ4n) is 2.66. The highest BCUT2D eigenvalue weighted by atomic mass is 15.1. The van der Waals surface area contributed by atoms with Gasteiger partial charge in [-0.15, -0.1) is 0 Å². The van der Waals surface area contributed by atoms with Crippen LogP contribution in [0.15, 0.2) is 28.7 Å². The zero-order chi connectivity index (χ0) is 15.0. The molecule has 20 heavy (non-hydrogen) atoms. The Morgan fingerprint density at radius 2 is 1.85 bits per heavy atom. The molecular formula is C17H31N3. The van der Waals surface area contributed by atoms with Crippen LogP contribution in [0, 0.1) is 0 Å². The first kappa shape index (κ1) is 16.8. The number of nitrogens with zero attached hydrogens (tertiary/aromatic N) is 1. The van der Waals surface area contributed by atoms with Crippen LogP contribution in [0.3, 0.4) is 0 Å². The number of hydrogen-bond acceptors (Lipinski definition) is 3. The lowest BCUT2D eigenvalue weighted by Crippen LogP contribution is -2.31. The highest BCUT2D eigenvalue weighted by molar-refractivity contribution is 5.80. The maximum atomic E-state index is 4.68. The van der Waals surface area contributed by atoms with Gasteiger partial charge >= 0.3 is 0 Å². The van der Waals surface area contributed by atoms with E-state index in [0.29, 0.717) is 6.04 Å². The summed E-state index contributed by atoms with van der Waals surface area (Å²) in [5, 5.41) is 7.07. The molecule has 0 amide bonds. The second kappa shape index (κ2) is 8.83. The third-order valence-electron chi connectivity index (χ3n) is 3.58. The van der Waals surface area contributed by atoms with Crippen molar-refractivity contribution in [3.8, 4) is 0 Å². The fourth-order valence-corrected chi connectivity index (χ4v) is 2.66. The molecule has 1 saturated carbocycles. The largest absolute Gasteiger partial charge is 0.382 e. The van der Waals surface area contributed by atoms with Gasteiger partial charge in [-0.05, 0) is 45.1 Å². The maximum absolute atomic E-state index is 4.68. The number of aliphatic imine (C=N–C) groups is 1. The van der Waals surface area contributed by atoms with Gasteiger partial charge in [-0.2, -0.15) is 0 Å². The molecule has 1 aliphatic carbocycles. The zero-order valence-electron chi connectivity index (χ0n) is 13.7. The van der Waals surface area contributed by atoms with E-state index in [4.69, 9.17) is 0 Å². The molecule has 0 radical (unpaired) electrons. The molecule has 0 bridgehead atoms. The van der Waals surface area contributed by atoms with Gasteiger partial charge in [0, 0.05) is 18.3 Å². The highest BCUT2D eigenvalue weighted by Gasteiger charge is 2.19. The smallest absolute Gasteiger partial charge is 0.149 e. The van der Waals surface area contributed by atoms with Gasteiger partial charge < -0.3 is 10.6 Å². The molecule has 0 atom stereocenters. The number of nitrogens with one attached hydrogen (secondary N) is 2. The van der Waals surface area contributed by atoms with Crippen LogP contribution in [0.4, 0.5) is 0 Å². The Bertz CT molecular complexity index is 370. The van der Waals surface area contributed by atoms with Crippen molar-refractivity contribution >= 4 is 5.71 Å². The average molecular weight is 277 g/mol. The molecule has 3 nitrogen and oxygen atoms in total. The fraction of sp³-hybridized carbons (Fsp3) is 0.706. The van der Waals surface area contributed by atoms with Gasteiger partial charge in [-0.3, -0.25) is 0 Å². The SMILES string of the molecule is C=C1CCCN/C1=C(/N=C(C)C)NC1CCCC1.CC. The molecule has 1 saturated heterocycles. The lowest BCUT2D eigenvalue weighted by Gasteiger charge is -2.24. The molecule has 2 fully saturated rings. The van der Waals surface area contributed by atoms with E-state index in [1.54, 1.807) is 0 Å². The van der Waals surface area contributed by atoms with Crippen LogP contribution < -0.4 is 10.6 Å². The van der Waals surface area contributed by atoms with Gasteiger partial charge in [-0.25, -0.2) is 4.99 Å². The first-order valence-corrected chi connectivity index (χ1v) is 8.11. The van der Waals surface area contributed by atoms with Gasteiger partial charge in [0.2, 0.25) is 0 Å². The van der Waals surface area contributed by atoms with Crippen LogP contribution in [0.1, 0.15) is 66.2 Å². The summed E-state index contributed by atoms with van der Waals surface area (Å²) in [7, 11) is 0. The summed E-state index contributed by atoms with van der Waals surface area (Å²) in [5.74, 6) is 1.01. The summed E-state index contributed by atoms with van der Waals surface area (Å²) < 4.78 is 0. The molecule has 0 aromatic carbocycles. The Morgan fingerprint density at radius 3 is 2.40 bits per heavy atom. The molecule has 0 aromatic heterocycles. The minimum Gasteiger partial charge on any atom is -0.382 e. The van der Waals surface area contributed by atoms with E-state index < -0.39 is 0 Å². The Hall–Kier alpha value is -1.25. The van der Waals surface area contributed by atoms with Gasteiger partial charge in [0.15, 0.2) is 0 Å². The van der Waals surface area contributed by atoms with E-state index in [1.165, 1.54) is 37.7 Å². The van der Waals surface area contributed by atoms with Crippen molar-refractivity contribution in [1.82, 2.24) is 10.6 Å². The summed E-state index contributed by atoms with van der Waals surface area (Å²) >= 11 is 0. The Balaban J connectivity index is 0.000000956. The molecule has 2 aliphatic rings. The normalized spacial score (nSPS) is 21.5. The van der Waals surface area contributed by atoms with Crippen LogP contribution >= 0.6 is 0 Å². The van der Waals surface area contributed by atoms with E-state index in [2.05, 4.69) is 22.2 Å². The number of rotatable bonds is 3. The van der Waals surface area contributed by atoms with Crippen molar-refractivity contribution in [3.63, 3.8) is 0 Å². The zero-order valence-corrected chi connectivity index (χ0v) is 13.7. The molecule has 0 spiro atoms. The van der Waals surface area contributed by atoms with Crippen molar-refractivity contribution in [1.29, 1.82) is 0 Å². The van der Waals surface area contributed by atoms with Gasteiger partial charge in [0.05, 0.1) is 5.70 Å². The minimum atomic E-state index is 0.590. The molecule has 0 unspecified atom stereocenters. The summed E-state index contributed by atoms with van der Waals surface area (Å²) in [6.07, 6.45) is 7.46. The van der Waals surface area contributed by atoms with Crippen LogP contribution in [-0.4, -0.2) is 18.3 Å². The Labute approximate surface area is 124 Å². The Kier molecular flexibility index (Phi) is 7.42. The molecule has 2 rings (SSSR count). The predicted octanol–water partition coefficient (Wildman–Crippen LogP) is 4.13. The van der Waals surface area contributed by atoms with E-state index in [-0.39, 0.29) is 0 Å². The predicted molar refractivity (Wildman–Crippen MR) is 88.9 cm³/mol. The molecule has 0 aromatic rings. The third-order valence-corrected chi connectivity index (χ3v) is 3.58. The Morgan fingerprint density at radius 1 is 1.20 bits per heavy atom. The first-order valence-electron chi connectivity index (χ1n) is 8.11. The summed E-state index contributed by atoms with van der Waals surface area (Å²) in [5.41, 5.74) is 3.41. The van der Waals surface area contributed by atoms with Gasteiger partial charge in [0.1, 0.15) is 5.82 Å². The van der Waals surface area contributed by atoms with Crippen LogP contribution in [0.2, 0.25) is 0 Å². The van der Waals surface area contributed by atoms with E-state index in [9.17, 15) is 0 Å². The molecule has 3 heteroatoms. The summed E-state index contributed by atoms with van der Waals surface area (Å²) in [6.45, 7) is 13.3. The van der Waals surface area contributed by atoms with Gasteiger partial charge in [0.25, 0.3) is 0 Å². The summed E-state index contributed by atoms with van der Waals surface area (Å²) in [6, 6.07) is 0.590. The number of allylic oxidation sites excluding steroid dienone is 1.